The molecule has 2 aromatic heterocycles. The van der Waals surface area contributed by atoms with Gasteiger partial charge in [-0.05, 0) is 6.92 Å². The molecule has 2 aromatic rings. The number of aromatic nitrogens is 5. The highest BCUT2D eigenvalue weighted by atomic mass is 32.2. The topological polar surface area (TPSA) is 126 Å². The Bertz CT molecular complexity index is 633. The van der Waals surface area contributed by atoms with Crippen molar-refractivity contribution >= 4 is 10.0 Å². The standard InChI is InChI=1S/C9H14N6O3S/c1-7-8(6-16)9(13-12-7)19(17,18)11-3-5-15-4-2-10-14-15/h2,4,11,16H,3,5-6H2,1H3,(H,12,13). The average molecular weight is 286 g/mol. The van der Waals surface area contributed by atoms with Crippen molar-refractivity contribution in [3.8, 4) is 0 Å². The van der Waals surface area contributed by atoms with E-state index in [0.29, 0.717) is 12.2 Å². The van der Waals surface area contributed by atoms with Crippen molar-refractivity contribution in [3.63, 3.8) is 0 Å². The molecule has 10 heteroatoms. The van der Waals surface area contributed by atoms with Crippen LogP contribution in [-0.2, 0) is 23.2 Å². The van der Waals surface area contributed by atoms with Gasteiger partial charge < -0.3 is 5.11 Å². The molecule has 0 amide bonds. The number of hydrogen-bond acceptors (Lipinski definition) is 6. The van der Waals surface area contributed by atoms with Crippen molar-refractivity contribution in [3.05, 3.63) is 23.7 Å². The number of sulfonamides is 1. The summed E-state index contributed by atoms with van der Waals surface area (Å²) in [6, 6.07) is 0. The van der Waals surface area contributed by atoms with E-state index in [2.05, 4.69) is 25.2 Å². The first-order valence-corrected chi connectivity index (χ1v) is 7.01. The molecule has 2 heterocycles. The Labute approximate surface area is 109 Å². The first-order chi connectivity index (χ1) is 9.04. The molecule has 0 aliphatic carbocycles. The zero-order chi connectivity index (χ0) is 13.9. The van der Waals surface area contributed by atoms with Crippen molar-refractivity contribution in [2.45, 2.75) is 25.1 Å². The third kappa shape index (κ3) is 2.97. The molecule has 0 saturated heterocycles. The van der Waals surface area contributed by atoms with Crippen molar-refractivity contribution in [2.75, 3.05) is 6.54 Å². The minimum Gasteiger partial charge on any atom is -0.392 e. The fourth-order valence-electron chi connectivity index (χ4n) is 1.55. The molecule has 0 fully saturated rings. The van der Waals surface area contributed by atoms with Gasteiger partial charge in [0.05, 0.1) is 19.3 Å². The fraction of sp³-hybridized carbons (Fsp3) is 0.444. The Morgan fingerprint density at radius 2 is 2.32 bits per heavy atom. The molecule has 9 nitrogen and oxygen atoms in total. The van der Waals surface area contributed by atoms with Gasteiger partial charge in [0.2, 0.25) is 0 Å². The summed E-state index contributed by atoms with van der Waals surface area (Å²) in [5.74, 6) is 0. The number of nitrogens with zero attached hydrogens (tertiary/aromatic N) is 4. The van der Waals surface area contributed by atoms with Crippen molar-refractivity contribution in [1.82, 2.24) is 29.9 Å². The first-order valence-electron chi connectivity index (χ1n) is 5.53. The maximum absolute atomic E-state index is 12.0. The van der Waals surface area contributed by atoms with E-state index >= 15 is 0 Å². The van der Waals surface area contributed by atoms with Crippen LogP contribution in [0.1, 0.15) is 11.3 Å². The number of aromatic amines is 1. The molecule has 0 spiro atoms. The average Bonchev–Trinajstić information content (AvgIpc) is 2.98. The van der Waals surface area contributed by atoms with Crippen LogP contribution in [0.25, 0.3) is 0 Å². The predicted octanol–water partition coefficient (Wildman–Crippen LogP) is -1.22. The smallest absolute Gasteiger partial charge is 0.260 e. The Morgan fingerprint density at radius 1 is 1.53 bits per heavy atom. The lowest BCUT2D eigenvalue weighted by atomic mass is 10.3. The van der Waals surface area contributed by atoms with Gasteiger partial charge in [-0.3, -0.25) is 9.78 Å². The lowest BCUT2D eigenvalue weighted by Crippen LogP contribution is -2.28. The number of rotatable bonds is 6. The van der Waals surface area contributed by atoms with Gasteiger partial charge in [0, 0.05) is 24.0 Å². The molecule has 0 bridgehead atoms. The van der Waals surface area contributed by atoms with Crippen molar-refractivity contribution in [2.24, 2.45) is 0 Å². The van der Waals surface area contributed by atoms with Crippen LogP contribution in [0.4, 0.5) is 0 Å². The van der Waals surface area contributed by atoms with Crippen LogP contribution in [0.5, 0.6) is 0 Å². The fourth-order valence-corrected chi connectivity index (χ4v) is 2.76. The lowest BCUT2D eigenvalue weighted by Gasteiger charge is -2.05. The monoisotopic (exact) mass is 286 g/mol. The predicted molar refractivity (Wildman–Crippen MR) is 64.5 cm³/mol. The third-order valence-corrected chi connectivity index (χ3v) is 3.98. The molecule has 0 atom stereocenters. The number of H-pyrrole nitrogens is 1. The maximum atomic E-state index is 12.0. The zero-order valence-electron chi connectivity index (χ0n) is 10.2. The second-order valence-electron chi connectivity index (χ2n) is 3.85. The molecular formula is C9H14N6O3S. The van der Waals surface area contributed by atoms with E-state index in [1.807, 2.05) is 0 Å². The molecular weight excluding hydrogens is 272 g/mol. The van der Waals surface area contributed by atoms with Crippen LogP contribution in [0.2, 0.25) is 0 Å². The quantitative estimate of drug-likeness (QED) is 0.611. The third-order valence-electron chi connectivity index (χ3n) is 2.55. The normalized spacial score (nSPS) is 11.9. The van der Waals surface area contributed by atoms with Crippen LogP contribution < -0.4 is 4.72 Å². The molecule has 0 radical (unpaired) electrons. The molecule has 0 aliphatic rings. The molecule has 2 rings (SSSR count). The second-order valence-corrected chi connectivity index (χ2v) is 5.54. The highest BCUT2D eigenvalue weighted by Crippen LogP contribution is 2.15. The Morgan fingerprint density at radius 3 is 2.95 bits per heavy atom. The van der Waals surface area contributed by atoms with E-state index in [1.165, 1.54) is 10.9 Å². The van der Waals surface area contributed by atoms with E-state index in [-0.39, 0.29) is 23.7 Å². The van der Waals surface area contributed by atoms with Crippen LogP contribution in [-0.4, -0.2) is 45.3 Å². The van der Waals surface area contributed by atoms with Gasteiger partial charge in [-0.25, -0.2) is 13.1 Å². The second kappa shape index (κ2) is 5.47. The maximum Gasteiger partial charge on any atom is 0.260 e. The van der Waals surface area contributed by atoms with Crippen LogP contribution in [0.3, 0.4) is 0 Å². The molecule has 0 saturated carbocycles. The van der Waals surface area contributed by atoms with E-state index in [4.69, 9.17) is 5.11 Å². The van der Waals surface area contributed by atoms with E-state index in [9.17, 15) is 8.42 Å². The summed E-state index contributed by atoms with van der Waals surface area (Å²) in [6.45, 7) is 1.77. The summed E-state index contributed by atoms with van der Waals surface area (Å²) < 4.78 is 27.9. The Hall–Kier alpha value is -1.78. The van der Waals surface area contributed by atoms with Gasteiger partial charge in [-0.2, -0.15) is 5.10 Å². The molecule has 0 unspecified atom stereocenters. The highest BCUT2D eigenvalue weighted by molar-refractivity contribution is 7.89. The number of aliphatic hydroxyl groups excluding tert-OH is 1. The summed E-state index contributed by atoms with van der Waals surface area (Å²) in [5, 5.41) is 22.6. The Kier molecular flexibility index (Phi) is 3.93. The lowest BCUT2D eigenvalue weighted by molar-refractivity contribution is 0.277. The molecule has 0 aliphatic heterocycles. The SMILES string of the molecule is Cc1[nH]nc(S(=O)(=O)NCCn2ccnn2)c1CO. The van der Waals surface area contributed by atoms with Gasteiger partial charge >= 0.3 is 0 Å². The summed E-state index contributed by atoms with van der Waals surface area (Å²) >= 11 is 0. The van der Waals surface area contributed by atoms with Gasteiger partial charge in [0.1, 0.15) is 0 Å². The zero-order valence-corrected chi connectivity index (χ0v) is 11.1. The van der Waals surface area contributed by atoms with Crippen molar-refractivity contribution < 1.29 is 13.5 Å². The number of aryl methyl sites for hydroxylation is 1. The summed E-state index contributed by atoms with van der Waals surface area (Å²) in [5.41, 5.74) is 0.799. The summed E-state index contributed by atoms with van der Waals surface area (Å²) in [6.07, 6.45) is 3.14. The summed E-state index contributed by atoms with van der Waals surface area (Å²) in [4.78, 5) is 0. The molecule has 3 N–H and O–H groups in total. The van der Waals surface area contributed by atoms with Gasteiger partial charge in [-0.1, -0.05) is 5.21 Å². The minimum absolute atomic E-state index is 0.155. The van der Waals surface area contributed by atoms with Crippen molar-refractivity contribution in [1.29, 1.82) is 0 Å². The highest BCUT2D eigenvalue weighted by Gasteiger charge is 2.22. The van der Waals surface area contributed by atoms with E-state index in [0.717, 1.165) is 0 Å². The number of hydrogen-bond donors (Lipinski definition) is 3. The molecule has 104 valence electrons. The first kappa shape index (κ1) is 13.6. The van der Waals surface area contributed by atoms with Crippen LogP contribution in [0.15, 0.2) is 17.4 Å². The Balaban J connectivity index is 2.05. The largest absolute Gasteiger partial charge is 0.392 e. The van der Waals surface area contributed by atoms with Gasteiger partial charge in [0.25, 0.3) is 10.0 Å². The number of nitrogens with one attached hydrogen (secondary N) is 2. The van der Waals surface area contributed by atoms with Crippen LogP contribution >= 0.6 is 0 Å². The molecule has 19 heavy (non-hydrogen) atoms. The molecule has 0 aromatic carbocycles. The summed E-state index contributed by atoms with van der Waals surface area (Å²) in [7, 11) is -3.75. The number of aliphatic hydroxyl groups is 1. The van der Waals surface area contributed by atoms with Gasteiger partial charge in [-0.15, -0.1) is 5.10 Å². The van der Waals surface area contributed by atoms with Crippen LogP contribution in [0, 0.1) is 6.92 Å². The van der Waals surface area contributed by atoms with Gasteiger partial charge in [0.15, 0.2) is 5.03 Å². The minimum atomic E-state index is -3.75. The van der Waals surface area contributed by atoms with E-state index < -0.39 is 10.0 Å². The van der Waals surface area contributed by atoms with E-state index in [1.54, 1.807) is 13.1 Å².